The van der Waals surface area contributed by atoms with Crippen molar-refractivity contribution in [2.24, 2.45) is 0 Å². The summed E-state index contributed by atoms with van der Waals surface area (Å²) in [5, 5.41) is 6.78. The second kappa shape index (κ2) is 10.2. The number of furan rings is 2. The molecule has 0 bridgehead atoms. The van der Waals surface area contributed by atoms with Crippen molar-refractivity contribution >= 4 is 66.0 Å². The van der Waals surface area contributed by atoms with E-state index in [0.717, 1.165) is 66.4 Å². The fourth-order valence-electron chi connectivity index (χ4n) is 6.05. The third kappa shape index (κ3) is 4.22. The van der Waals surface area contributed by atoms with Gasteiger partial charge in [0, 0.05) is 33.3 Å². The van der Waals surface area contributed by atoms with E-state index in [2.05, 4.69) is 127 Å². The number of hydrogen-bond donors (Lipinski definition) is 0. The first kappa shape index (κ1) is 25.0. The van der Waals surface area contributed by atoms with Gasteiger partial charge in [-0.15, -0.1) is 0 Å². The lowest BCUT2D eigenvalue weighted by Crippen LogP contribution is -2.10. The van der Waals surface area contributed by atoms with Gasteiger partial charge in [-0.05, 0) is 64.9 Å². The van der Waals surface area contributed by atoms with Gasteiger partial charge in [0.15, 0.2) is 5.58 Å². The Morgan fingerprint density at radius 3 is 2.14 bits per heavy atom. The summed E-state index contributed by atoms with van der Waals surface area (Å²) in [4.78, 5) is 2.21. The number of fused-ring (bicyclic) bond motifs is 7. The Morgan fingerprint density at radius 2 is 1.23 bits per heavy atom. The highest BCUT2D eigenvalue weighted by atomic mass is 16.3. The molecule has 0 aliphatic rings. The lowest BCUT2D eigenvalue weighted by molar-refractivity contribution is 0.669. The van der Waals surface area contributed by atoms with Gasteiger partial charge in [-0.3, -0.25) is 0 Å². The van der Waals surface area contributed by atoms with Crippen molar-refractivity contribution in [1.82, 2.24) is 0 Å². The maximum absolute atomic E-state index is 6.47. The lowest BCUT2D eigenvalue weighted by Gasteiger charge is -2.24. The molecule has 0 fully saturated rings. The molecule has 0 saturated heterocycles. The van der Waals surface area contributed by atoms with Crippen molar-refractivity contribution < 1.29 is 8.83 Å². The van der Waals surface area contributed by atoms with E-state index in [0.29, 0.717) is 0 Å². The predicted molar refractivity (Wildman–Crippen MR) is 181 cm³/mol. The molecule has 0 spiro atoms. The normalized spacial score (nSPS) is 12.1. The second-order valence-electron chi connectivity index (χ2n) is 10.6. The molecule has 0 N–H and O–H groups in total. The average molecular weight is 554 g/mol. The van der Waals surface area contributed by atoms with E-state index in [1.54, 1.807) is 6.08 Å². The van der Waals surface area contributed by atoms with Gasteiger partial charge in [-0.2, -0.15) is 0 Å². The molecule has 204 valence electrons. The predicted octanol–water partition coefficient (Wildman–Crippen LogP) is 11.7. The van der Waals surface area contributed by atoms with Gasteiger partial charge in [0.25, 0.3) is 0 Å². The highest BCUT2D eigenvalue weighted by Gasteiger charge is 2.19. The zero-order valence-electron chi connectivity index (χ0n) is 23.4. The molecule has 43 heavy (non-hydrogen) atoms. The molecule has 0 radical (unpaired) electrons. The highest BCUT2D eigenvalue weighted by Crippen LogP contribution is 2.42. The molecule has 3 heteroatoms. The summed E-state index contributed by atoms with van der Waals surface area (Å²) in [5.41, 5.74) is 7.71. The Hall–Kier alpha value is -5.80. The van der Waals surface area contributed by atoms with Crippen molar-refractivity contribution in [3.63, 3.8) is 0 Å². The van der Waals surface area contributed by atoms with E-state index in [-0.39, 0.29) is 0 Å². The summed E-state index contributed by atoms with van der Waals surface area (Å²) >= 11 is 0. The van der Waals surface area contributed by atoms with Gasteiger partial charge in [-0.25, -0.2) is 0 Å². The second-order valence-corrected chi connectivity index (χ2v) is 10.6. The first-order valence-electron chi connectivity index (χ1n) is 14.4. The summed E-state index contributed by atoms with van der Waals surface area (Å²) in [6, 6.07) is 42.3. The molecule has 8 rings (SSSR count). The van der Waals surface area contributed by atoms with E-state index in [9.17, 15) is 0 Å². The van der Waals surface area contributed by atoms with Gasteiger partial charge in [0.1, 0.15) is 16.7 Å². The van der Waals surface area contributed by atoms with Crippen LogP contribution in [-0.2, 0) is 0 Å². The molecule has 0 aliphatic carbocycles. The van der Waals surface area contributed by atoms with E-state index < -0.39 is 0 Å². The number of hydrogen-bond acceptors (Lipinski definition) is 3. The number of allylic oxidation sites excluding steroid dienone is 4. The minimum absolute atomic E-state index is 0.846. The third-order valence-electron chi connectivity index (χ3n) is 8.05. The van der Waals surface area contributed by atoms with Crippen molar-refractivity contribution in [2.45, 2.75) is 0 Å². The van der Waals surface area contributed by atoms with Crippen LogP contribution in [0.25, 0.3) is 65.8 Å². The maximum Gasteiger partial charge on any atom is 0.159 e. The highest BCUT2D eigenvalue weighted by molar-refractivity contribution is 6.12. The summed E-state index contributed by atoms with van der Waals surface area (Å²) in [5.74, 6) is 0. The topological polar surface area (TPSA) is 29.5 Å². The molecule has 8 aromatic rings. The summed E-state index contributed by atoms with van der Waals surface area (Å²) < 4.78 is 12.8. The minimum Gasteiger partial charge on any atom is -0.456 e. The Labute approximate surface area is 248 Å². The summed E-state index contributed by atoms with van der Waals surface area (Å²) in [7, 11) is 0. The van der Waals surface area contributed by atoms with E-state index in [1.165, 1.54) is 10.8 Å². The number of anilines is 2. The fraction of sp³-hybridized carbons (Fsp3) is 0. The van der Waals surface area contributed by atoms with Crippen LogP contribution in [0, 0.1) is 0 Å². The Morgan fingerprint density at radius 1 is 0.512 bits per heavy atom. The van der Waals surface area contributed by atoms with Crippen LogP contribution in [0.1, 0.15) is 0 Å². The average Bonchev–Trinajstić information content (AvgIpc) is 3.61. The van der Waals surface area contributed by atoms with E-state index in [1.807, 2.05) is 30.4 Å². The van der Waals surface area contributed by atoms with Gasteiger partial charge in [-0.1, -0.05) is 104 Å². The molecule has 6 aromatic carbocycles. The molecule has 0 unspecified atom stereocenters. The molecule has 2 heterocycles. The SMILES string of the molecule is C=C/C=C\C=C\N(c1ccccc1-c1ccc2oc3cc4ccccc4cc3c2c1)c1cccc2c1oc1ccccc12. The van der Waals surface area contributed by atoms with Crippen LogP contribution in [0.5, 0.6) is 0 Å². The van der Waals surface area contributed by atoms with Crippen molar-refractivity contribution in [3.8, 4) is 11.1 Å². The van der Waals surface area contributed by atoms with E-state index in [4.69, 9.17) is 8.83 Å². The molecule has 0 atom stereocenters. The largest absolute Gasteiger partial charge is 0.456 e. The summed E-state index contributed by atoms with van der Waals surface area (Å²) in [6.07, 6.45) is 9.78. The van der Waals surface area contributed by atoms with Crippen molar-refractivity contribution in [2.75, 3.05) is 4.90 Å². The molecular weight excluding hydrogens is 526 g/mol. The van der Waals surface area contributed by atoms with Crippen LogP contribution in [-0.4, -0.2) is 0 Å². The fourth-order valence-corrected chi connectivity index (χ4v) is 6.05. The molecule has 2 aromatic heterocycles. The Bertz CT molecular complexity index is 2380. The zero-order chi connectivity index (χ0) is 28.8. The van der Waals surface area contributed by atoms with Crippen LogP contribution in [0.4, 0.5) is 11.4 Å². The van der Waals surface area contributed by atoms with Crippen LogP contribution in [0.15, 0.2) is 167 Å². The standard InChI is InChI=1S/C40H27NO2/c1-2-3-4-11-23-41(36-19-12-17-32-31-16-8-10-20-37(31)43-40(32)36)35-18-9-7-15-30(35)29-21-22-38-33(25-29)34-24-27-13-5-6-14-28(27)26-39(34)42-38/h2-26H,1H2/b4-3-,23-11+. The third-order valence-corrected chi connectivity index (χ3v) is 8.05. The Balaban J connectivity index is 1.33. The monoisotopic (exact) mass is 553 g/mol. The van der Waals surface area contributed by atoms with Crippen LogP contribution < -0.4 is 4.90 Å². The van der Waals surface area contributed by atoms with Crippen LogP contribution >= 0.6 is 0 Å². The van der Waals surface area contributed by atoms with Crippen molar-refractivity contribution in [1.29, 1.82) is 0 Å². The van der Waals surface area contributed by atoms with Crippen molar-refractivity contribution in [3.05, 3.63) is 158 Å². The molecule has 0 aliphatic heterocycles. The first-order valence-corrected chi connectivity index (χ1v) is 14.4. The number of rotatable bonds is 6. The molecule has 0 saturated carbocycles. The van der Waals surface area contributed by atoms with Gasteiger partial charge in [0.05, 0.1) is 11.4 Å². The number of nitrogens with zero attached hydrogens (tertiary/aromatic N) is 1. The van der Waals surface area contributed by atoms with Gasteiger partial charge < -0.3 is 13.7 Å². The molecular formula is C40H27NO2. The van der Waals surface area contributed by atoms with Gasteiger partial charge in [0.2, 0.25) is 0 Å². The quantitative estimate of drug-likeness (QED) is 0.192. The number of benzene rings is 6. The number of para-hydroxylation sites is 3. The molecule has 0 amide bonds. The van der Waals surface area contributed by atoms with Gasteiger partial charge >= 0.3 is 0 Å². The maximum atomic E-state index is 6.47. The van der Waals surface area contributed by atoms with E-state index >= 15 is 0 Å². The lowest BCUT2D eigenvalue weighted by atomic mass is 9.99. The first-order chi connectivity index (χ1) is 21.3. The zero-order valence-corrected chi connectivity index (χ0v) is 23.4. The van der Waals surface area contributed by atoms with Crippen LogP contribution in [0.3, 0.4) is 0 Å². The smallest absolute Gasteiger partial charge is 0.159 e. The van der Waals surface area contributed by atoms with Crippen LogP contribution in [0.2, 0.25) is 0 Å². The molecule has 3 nitrogen and oxygen atoms in total. The Kier molecular flexibility index (Phi) is 5.94. The summed E-state index contributed by atoms with van der Waals surface area (Å²) in [6.45, 7) is 3.81. The minimum atomic E-state index is 0.846.